The van der Waals surface area contributed by atoms with Crippen LogP contribution in [0.4, 0.5) is 0 Å². The van der Waals surface area contributed by atoms with E-state index in [-0.39, 0.29) is 35.8 Å². The second-order valence-corrected chi connectivity index (χ2v) is 8.00. The topological polar surface area (TPSA) is 102 Å². The molecular formula is C18H26N2O6S. The van der Waals surface area contributed by atoms with Crippen molar-refractivity contribution >= 4 is 21.9 Å². The van der Waals surface area contributed by atoms with Crippen LogP contribution in [0, 0.1) is 5.92 Å². The molecule has 0 atom stereocenters. The van der Waals surface area contributed by atoms with Crippen LogP contribution in [0.2, 0.25) is 0 Å². The van der Waals surface area contributed by atoms with Gasteiger partial charge in [-0.25, -0.2) is 13.1 Å². The summed E-state index contributed by atoms with van der Waals surface area (Å²) in [4.78, 5) is 26.2. The monoisotopic (exact) mass is 398 g/mol. The number of nitrogens with zero attached hydrogens (tertiary/aromatic N) is 1. The molecule has 8 nitrogen and oxygen atoms in total. The molecule has 0 aliphatic carbocycles. The minimum absolute atomic E-state index is 0.0332. The van der Waals surface area contributed by atoms with Crippen molar-refractivity contribution in [1.82, 2.24) is 9.62 Å². The van der Waals surface area contributed by atoms with Crippen LogP contribution in [0.1, 0.15) is 30.1 Å². The number of esters is 1. The number of nitrogens with one attached hydrogen (secondary N) is 1. The van der Waals surface area contributed by atoms with E-state index in [4.69, 9.17) is 9.47 Å². The summed E-state index contributed by atoms with van der Waals surface area (Å²) in [6, 6.07) is 5.95. The number of ether oxygens (including phenoxy) is 2. The third-order valence-corrected chi connectivity index (χ3v) is 5.85. The number of hydrogen-bond acceptors (Lipinski definition) is 6. The number of sulfonamides is 1. The van der Waals surface area contributed by atoms with Gasteiger partial charge in [-0.15, -0.1) is 0 Å². The molecule has 0 radical (unpaired) electrons. The minimum Gasteiger partial charge on any atom is -0.466 e. The Balaban J connectivity index is 2.02. The van der Waals surface area contributed by atoms with Gasteiger partial charge in [0.1, 0.15) is 0 Å². The average Bonchev–Trinajstić information content (AvgIpc) is 2.68. The quantitative estimate of drug-likeness (QED) is 0.518. The Kier molecular flexibility index (Phi) is 7.76. The van der Waals surface area contributed by atoms with Crippen LogP contribution in [-0.4, -0.2) is 65.2 Å². The molecule has 1 aliphatic rings. The maximum Gasteiger partial charge on any atom is 0.309 e. The van der Waals surface area contributed by atoms with Crippen LogP contribution < -0.4 is 4.72 Å². The lowest BCUT2D eigenvalue weighted by atomic mass is 9.96. The molecule has 0 unspecified atom stereocenters. The van der Waals surface area contributed by atoms with E-state index in [9.17, 15) is 18.0 Å². The molecule has 0 bridgehead atoms. The summed E-state index contributed by atoms with van der Waals surface area (Å²) in [5.74, 6) is -0.656. The molecule has 0 spiro atoms. The summed E-state index contributed by atoms with van der Waals surface area (Å²) in [5.41, 5.74) is 0.305. The van der Waals surface area contributed by atoms with Gasteiger partial charge in [-0.2, -0.15) is 0 Å². The number of amides is 1. The molecule has 1 heterocycles. The summed E-state index contributed by atoms with van der Waals surface area (Å²) in [6.45, 7) is 3.39. The van der Waals surface area contributed by atoms with Crippen LogP contribution in [0.5, 0.6) is 0 Å². The van der Waals surface area contributed by atoms with Crippen molar-refractivity contribution < 1.29 is 27.5 Å². The predicted octanol–water partition coefficient (Wildman–Crippen LogP) is 1.03. The zero-order chi connectivity index (χ0) is 19.9. The summed E-state index contributed by atoms with van der Waals surface area (Å²) < 4.78 is 36.9. The molecule has 0 aromatic heterocycles. The van der Waals surface area contributed by atoms with Crippen molar-refractivity contribution in [3.8, 4) is 0 Å². The number of piperidine rings is 1. The Morgan fingerprint density at radius 2 is 1.96 bits per heavy atom. The molecule has 9 heteroatoms. The first kappa shape index (κ1) is 21.3. The lowest BCUT2D eigenvalue weighted by Gasteiger charge is -2.31. The highest BCUT2D eigenvalue weighted by Gasteiger charge is 2.29. The third-order valence-electron chi connectivity index (χ3n) is 4.39. The second kappa shape index (κ2) is 9.82. The number of carbonyl (C=O) groups is 2. The van der Waals surface area contributed by atoms with Crippen LogP contribution in [0.3, 0.4) is 0 Å². The van der Waals surface area contributed by atoms with Crippen LogP contribution in [0.15, 0.2) is 29.2 Å². The zero-order valence-corrected chi connectivity index (χ0v) is 16.5. The van der Waals surface area contributed by atoms with E-state index < -0.39 is 10.0 Å². The highest BCUT2D eigenvalue weighted by atomic mass is 32.2. The van der Waals surface area contributed by atoms with Gasteiger partial charge < -0.3 is 14.4 Å². The van der Waals surface area contributed by atoms with Gasteiger partial charge in [0.2, 0.25) is 10.0 Å². The fourth-order valence-electron chi connectivity index (χ4n) is 2.92. The third kappa shape index (κ3) is 5.75. The van der Waals surface area contributed by atoms with Gasteiger partial charge in [0, 0.05) is 32.3 Å². The van der Waals surface area contributed by atoms with E-state index in [0.717, 1.165) is 0 Å². The van der Waals surface area contributed by atoms with Crippen LogP contribution in [0.25, 0.3) is 0 Å². The van der Waals surface area contributed by atoms with Gasteiger partial charge in [-0.3, -0.25) is 9.59 Å². The molecule has 1 aromatic carbocycles. The molecule has 1 N–H and O–H groups in total. The predicted molar refractivity (Wildman–Crippen MR) is 98.8 cm³/mol. The molecule has 150 valence electrons. The first-order chi connectivity index (χ1) is 12.9. The minimum atomic E-state index is -3.71. The molecule has 1 aromatic rings. The maximum atomic E-state index is 12.7. The average molecular weight is 398 g/mol. The van der Waals surface area contributed by atoms with Crippen LogP contribution in [-0.2, 0) is 24.3 Å². The molecule has 0 saturated carbocycles. The van der Waals surface area contributed by atoms with E-state index >= 15 is 0 Å². The van der Waals surface area contributed by atoms with E-state index in [0.29, 0.717) is 38.1 Å². The number of methoxy groups -OCH3 is 1. The molecule has 2 rings (SSSR count). The number of hydrogen-bond donors (Lipinski definition) is 1. The summed E-state index contributed by atoms with van der Waals surface area (Å²) in [6.07, 6.45) is 1.09. The van der Waals surface area contributed by atoms with E-state index in [1.54, 1.807) is 24.0 Å². The van der Waals surface area contributed by atoms with Crippen molar-refractivity contribution in [1.29, 1.82) is 0 Å². The molecule has 1 saturated heterocycles. The van der Waals surface area contributed by atoms with Gasteiger partial charge in [0.05, 0.1) is 24.0 Å². The first-order valence-corrected chi connectivity index (χ1v) is 10.4. The van der Waals surface area contributed by atoms with E-state index in [2.05, 4.69) is 4.72 Å². The normalized spacial score (nSPS) is 15.6. The number of carbonyl (C=O) groups excluding carboxylic acids is 2. The van der Waals surface area contributed by atoms with Gasteiger partial charge in [-0.1, -0.05) is 6.07 Å². The number of benzene rings is 1. The van der Waals surface area contributed by atoms with Crippen molar-refractivity contribution in [3.05, 3.63) is 29.8 Å². The lowest BCUT2D eigenvalue weighted by molar-refractivity contribution is -0.149. The smallest absolute Gasteiger partial charge is 0.309 e. The fourth-order valence-corrected chi connectivity index (χ4v) is 3.98. The van der Waals surface area contributed by atoms with E-state index in [1.165, 1.54) is 19.2 Å². The molecule has 1 fully saturated rings. The Bertz CT molecular complexity index is 757. The summed E-state index contributed by atoms with van der Waals surface area (Å²) in [5, 5.41) is 0. The zero-order valence-electron chi connectivity index (χ0n) is 15.6. The van der Waals surface area contributed by atoms with Crippen molar-refractivity contribution in [2.75, 3.05) is 40.0 Å². The summed E-state index contributed by atoms with van der Waals surface area (Å²) in [7, 11) is -2.22. The molecule has 27 heavy (non-hydrogen) atoms. The Morgan fingerprint density at radius 3 is 2.59 bits per heavy atom. The highest BCUT2D eigenvalue weighted by molar-refractivity contribution is 7.89. The first-order valence-electron chi connectivity index (χ1n) is 8.93. The Hall–Kier alpha value is -1.97. The highest BCUT2D eigenvalue weighted by Crippen LogP contribution is 2.21. The number of likely N-dealkylation sites (tertiary alicyclic amines) is 1. The van der Waals surface area contributed by atoms with Gasteiger partial charge in [-0.05, 0) is 38.0 Å². The number of rotatable bonds is 8. The Labute approximate surface area is 159 Å². The van der Waals surface area contributed by atoms with Gasteiger partial charge in [0.25, 0.3) is 5.91 Å². The SMILES string of the molecule is CCOC(=O)C1CCN(C(=O)c2cccc(S(=O)(=O)NCCOC)c2)CC1. The maximum absolute atomic E-state index is 12.7. The summed E-state index contributed by atoms with van der Waals surface area (Å²) >= 11 is 0. The molecular weight excluding hydrogens is 372 g/mol. The van der Waals surface area contributed by atoms with Crippen molar-refractivity contribution in [2.45, 2.75) is 24.7 Å². The largest absolute Gasteiger partial charge is 0.466 e. The second-order valence-electron chi connectivity index (χ2n) is 6.24. The van der Waals surface area contributed by atoms with Gasteiger partial charge in [0.15, 0.2) is 0 Å². The Morgan fingerprint density at radius 1 is 1.26 bits per heavy atom. The van der Waals surface area contributed by atoms with Crippen molar-refractivity contribution in [2.24, 2.45) is 5.92 Å². The standard InChI is InChI=1S/C18H26N2O6S/c1-3-26-18(22)14-7-10-20(11-8-14)17(21)15-5-4-6-16(13-15)27(23,24)19-9-12-25-2/h4-6,13-14,19H,3,7-12H2,1-2H3. The van der Waals surface area contributed by atoms with Crippen molar-refractivity contribution in [3.63, 3.8) is 0 Å². The van der Waals surface area contributed by atoms with Gasteiger partial charge >= 0.3 is 5.97 Å². The lowest BCUT2D eigenvalue weighted by Crippen LogP contribution is -2.40. The molecule has 1 amide bonds. The molecule has 1 aliphatic heterocycles. The fraction of sp³-hybridized carbons (Fsp3) is 0.556. The van der Waals surface area contributed by atoms with Crippen LogP contribution >= 0.6 is 0 Å². The van der Waals surface area contributed by atoms with E-state index in [1.807, 2.05) is 0 Å².